The summed E-state index contributed by atoms with van der Waals surface area (Å²) in [6, 6.07) is 1.19. The highest BCUT2D eigenvalue weighted by atomic mass is 35.5. The number of hydrogen-bond acceptors (Lipinski definition) is 3. The van der Waals surface area contributed by atoms with Crippen molar-refractivity contribution in [2.24, 2.45) is 0 Å². The molecule has 1 rings (SSSR count). The molecule has 6 heteroatoms. The molecule has 1 aromatic heterocycles. The molecule has 1 heterocycles. The molecule has 0 atom stereocenters. The number of nitrogens with one attached hydrogen (secondary N) is 1. The molecule has 0 bridgehead atoms. The summed E-state index contributed by atoms with van der Waals surface area (Å²) < 4.78 is 0. The molecule has 0 saturated carbocycles. The van der Waals surface area contributed by atoms with Gasteiger partial charge >= 0.3 is 5.69 Å². The van der Waals surface area contributed by atoms with E-state index in [0.29, 0.717) is 5.69 Å². The van der Waals surface area contributed by atoms with E-state index in [-0.39, 0.29) is 12.4 Å². The third-order valence-electron chi connectivity index (χ3n) is 1.23. The second-order valence-electron chi connectivity index (χ2n) is 2.12. The van der Waals surface area contributed by atoms with Gasteiger partial charge in [-0.1, -0.05) is 0 Å². The third kappa shape index (κ3) is 2.06. The molecule has 0 aromatic carbocycles. The topological polar surface area (TPSA) is 76.0 Å². The summed E-state index contributed by atoms with van der Waals surface area (Å²) in [5, 5.41) is 10.1. The van der Waals surface area contributed by atoms with Gasteiger partial charge in [0.2, 0.25) is 0 Å². The van der Waals surface area contributed by atoms with Crippen molar-refractivity contribution in [3.8, 4) is 0 Å². The van der Waals surface area contributed by atoms with Crippen molar-refractivity contribution < 1.29 is 4.92 Å². The van der Waals surface area contributed by atoms with Crippen molar-refractivity contribution in [1.29, 1.82) is 0 Å². The van der Waals surface area contributed by atoms with E-state index in [1.165, 1.54) is 6.07 Å². The van der Waals surface area contributed by atoms with Crippen LogP contribution >= 0.6 is 12.4 Å². The number of aromatic amines is 1. The molecule has 0 amide bonds. The third-order valence-corrected chi connectivity index (χ3v) is 1.23. The van der Waals surface area contributed by atoms with Gasteiger partial charge < -0.3 is 4.98 Å². The zero-order chi connectivity index (χ0) is 8.43. The maximum atomic E-state index is 10.8. The van der Waals surface area contributed by atoms with E-state index < -0.39 is 16.0 Å². The van der Waals surface area contributed by atoms with E-state index in [1.54, 1.807) is 6.92 Å². The predicted molar refractivity (Wildman–Crippen MR) is 45.7 cm³/mol. The molecule has 1 N–H and O–H groups in total. The smallest absolute Gasteiger partial charge is 0.332 e. The largest absolute Gasteiger partial charge is 0.359 e. The molecule has 0 aliphatic rings. The van der Waals surface area contributed by atoms with Gasteiger partial charge in [0.1, 0.15) is 0 Å². The fraction of sp³-hybridized carbons (Fsp3) is 0.167. The fourth-order valence-electron chi connectivity index (χ4n) is 0.708. The quantitative estimate of drug-likeness (QED) is 0.531. The number of aromatic nitrogens is 1. The predicted octanol–water partition coefficient (Wildman–Crippen LogP) is 1.01. The maximum absolute atomic E-state index is 10.8. The summed E-state index contributed by atoms with van der Waals surface area (Å²) >= 11 is 0. The molecule has 0 radical (unpaired) electrons. The molecule has 0 aliphatic carbocycles. The van der Waals surface area contributed by atoms with Gasteiger partial charge in [0.25, 0.3) is 5.43 Å². The Labute approximate surface area is 74.0 Å². The molecular weight excluding hydrogens is 184 g/mol. The normalized spacial score (nSPS) is 8.75. The fourth-order valence-corrected chi connectivity index (χ4v) is 0.708. The number of nitro groups is 1. The summed E-state index contributed by atoms with van der Waals surface area (Å²) in [6.45, 7) is 1.66. The van der Waals surface area contributed by atoms with Crippen LogP contribution in [-0.4, -0.2) is 9.91 Å². The van der Waals surface area contributed by atoms with E-state index in [4.69, 9.17) is 0 Å². The lowest BCUT2D eigenvalue weighted by atomic mass is 10.3. The number of hydrogen-bond donors (Lipinski definition) is 1. The SMILES string of the molecule is Cc1cc(=O)c([N+](=O)[O-])c[nH]1.Cl. The Morgan fingerprint density at radius 3 is 2.58 bits per heavy atom. The lowest BCUT2D eigenvalue weighted by Crippen LogP contribution is -2.07. The minimum atomic E-state index is -0.710. The Kier molecular flexibility index (Phi) is 3.43. The van der Waals surface area contributed by atoms with E-state index in [0.717, 1.165) is 6.20 Å². The van der Waals surface area contributed by atoms with Crippen LogP contribution in [-0.2, 0) is 0 Å². The second kappa shape index (κ2) is 3.87. The molecule has 1 aromatic rings. The first-order valence-corrected chi connectivity index (χ1v) is 2.95. The first-order valence-electron chi connectivity index (χ1n) is 2.95. The molecule has 66 valence electrons. The van der Waals surface area contributed by atoms with Crippen LogP contribution in [0.15, 0.2) is 17.1 Å². The molecule has 12 heavy (non-hydrogen) atoms. The summed E-state index contributed by atoms with van der Waals surface area (Å²) in [7, 11) is 0. The highest BCUT2D eigenvalue weighted by Gasteiger charge is 2.09. The van der Waals surface area contributed by atoms with Crippen LogP contribution < -0.4 is 5.43 Å². The van der Waals surface area contributed by atoms with Gasteiger partial charge in [-0.15, -0.1) is 12.4 Å². The molecule has 0 unspecified atom stereocenters. The van der Waals surface area contributed by atoms with Crippen molar-refractivity contribution in [2.45, 2.75) is 6.92 Å². The second-order valence-corrected chi connectivity index (χ2v) is 2.12. The van der Waals surface area contributed by atoms with Crippen LogP contribution in [0.2, 0.25) is 0 Å². The highest BCUT2D eigenvalue weighted by Crippen LogP contribution is 2.00. The van der Waals surface area contributed by atoms with Crippen LogP contribution in [0.5, 0.6) is 0 Å². The van der Waals surface area contributed by atoms with Gasteiger partial charge in [-0.2, -0.15) is 0 Å². The van der Waals surface area contributed by atoms with Crippen LogP contribution in [0.4, 0.5) is 5.69 Å². The van der Waals surface area contributed by atoms with Crippen molar-refractivity contribution in [1.82, 2.24) is 4.98 Å². The molecule has 0 aliphatic heterocycles. The first-order chi connectivity index (χ1) is 5.11. The average molecular weight is 191 g/mol. The van der Waals surface area contributed by atoms with Crippen LogP contribution in [0.3, 0.4) is 0 Å². The lowest BCUT2D eigenvalue weighted by Gasteiger charge is -1.90. The Bertz CT molecular complexity index is 347. The Morgan fingerprint density at radius 2 is 2.17 bits per heavy atom. The average Bonchev–Trinajstić information content (AvgIpc) is 1.85. The van der Waals surface area contributed by atoms with Gasteiger partial charge in [-0.3, -0.25) is 14.9 Å². The van der Waals surface area contributed by atoms with Crippen molar-refractivity contribution in [3.63, 3.8) is 0 Å². The number of nitrogens with zero attached hydrogens (tertiary/aromatic N) is 1. The van der Waals surface area contributed by atoms with Gasteiger partial charge in [-0.25, -0.2) is 0 Å². The monoisotopic (exact) mass is 190 g/mol. The number of halogens is 1. The van der Waals surface area contributed by atoms with E-state index in [1.807, 2.05) is 0 Å². The Balaban J connectivity index is 0.00000121. The number of H-pyrrole nitrogens is 1. The van der Waals surface area contributed by atoms with Gasteiger partial charge in [0.05, 0.1) is 11.1 Å². The van der Waals surface area contributed by atoms with Crippen LogP contribution in [0.1, 0.15) is 5.69 Å². The number of pyridine rings is 1. The molecule has 5 nitrogen and oxygen atoms in total. The lowest BCUT2D eigenvalue weighted by molar-refractivity contribution is -0.386. The van der Waals surface area contributed by atoms with E-state index in [9.17, 15) is 14.9 Å². The number of aryl methyl sites for hydroxylation is 1. The first kappa shape index (κ1) is 10.6. The summed E-state index contributed by atoms with van der Waals surface area (Å²) in [5.74, 6) is 0. The maximum Gasteiger partial charge on any atom is 0.332 e. The van der Waals surface area contributed by atoms with Crippen molar-refractivity contribution in [2.75, 3.05) is 0 Å². The standard InChI is InChI=1S/C6H6N2O3.ClH/c1-4-2-6(9)5(3-7-4)8(10)11;/h2-3H,1H3,(H,7,9);1H. The molecular formula is C6H7ClN2O3. The minimum Gasteiger partial charge on any atom is -0.359 e. The summed E-state index contributed by atoms with van der Waals surface area (Å²) in [4.78, 5) is 22.8. The van der Waals surface area contributed by atoms with Crippen LogP contribution in [0.25, 0.3) is 0 Å². The Hall–Kier alpha value is -1.36. The summed E-state index contributed by atoms with van der Waals surface area (Å²) in [5.41, 5.74) is -0.373. The highest BCUT2D eigenvalue weighted by molar-refractivity contribution is 5.85. The van der Waals surface area contributed by atoms with E-state index in [2.05, 4.69) is 4.98 Å². The Morgan fingerprint density at radius 1 is 1.58 bits per heavy atom. The number of rotatable bonds is 1. The molecule has 0 saturated heterocycles. The van der Waals surface area contributed by atoms with Gasteiger partial charge in [-0.05, 0) is 6.92 Å². The molecule has 0 fully saturated rings. The van der Waals surface area contributed by atoms with Crippen LogP contribution in [0, 0.1) is 17.0 Å². The van der Waals surface area contributed by atoms with Gasteiger partial charge in [0.15, 0.2) is 0 Å². The molecule has 0 spiro atoms. The van der Waals surface area contributed by atoms with Crippen molar-refractivity contribution in [3.05, 3.63) is 38.3 Å². The minimum absolute atomic E-state index is 0. The zero-order valence-corrected chi connectivity index (χ0v) is 7.05. The van der Waals surface area contributed by atoms with Crippen molar-refractivity contribution >= 4 is 18.1 Å². The van der Waals surface area contributed by atoms with E-state index >= 15 is 0 Å². The van der Waals surface area contributed by atoms with Gasteiger partial charge in [0, 0.05) is 11.8 Å². The zero-order valence-electron chi connectivity index (χ0n) is 6.23. The summed E-state index contributed by atoms with van der Waals surface area (Å²) in [6.07, 6.45) is 1.09.